The third kappa shape index (κ3) is 91.2. The number of ether oxygens (including phenoxy) is 7. The SMILES string of the molecule is C.C.C.C.C.C.C.C.C.C.C.C.C.C.C.C.C.C.CCCC.CCCC.CCCC.CCCC.CCCCCc1ccc(OCC(CC)(COC(C)=O)COC(C)=O)cc1.CCCCCc1ccc(OCC(CC)=C(C(C)=O)C(C)=O)cc1.CCCCCc1ccc(OCC(CC)CC(C(C)=O)C(C)=O)cc1.CCCCCc1ccc(OCOC(CC)(C(C)=O)C(C)=O)cc1. The van der Waals surface area contributed by atoms with Crippen molar-refractivity contribution < 1.29 is 71.5 Å². The molecular weight excluding hydrogens is 1620 g/mol. The third-order valence-electron chi connectivity index (χ3n) is 19.1. The molecule has 0 heterocycles. The number of ketones is 6. The number of carbonyl (C=O) groups excluding carboxylic acids is 8. The van der Waals surface area contributed by atoms with Crippen LogP contribution in [0.4, 0.5) is 0 Å². The summed E-state index contributed by atoms with van der Waals surface area (Å²) in [5.41, 5.74) is 4.33. The summed E-state index contributed by atoms with van der Waals surface area (Å²) < 4.78 is 38.9. The zero-order chi connectivity index (χ0) is 85.6. The first-order chi connectivity index (χ1) is 53.5. The lowest BCUT2D eigenvalue weighted by molar-refractivity contribution is -0.165. The molecule has 0 saturated heterocycles. The van der Waals surface area contributed by atoms with Crippen LogP contribution in [0.5, 0.6) is 23.0 Å². The summed E-state index contributed by atoms with van der Waals surface area (Å²) in [6.45, 7) is 46.6. The third-order valence-corrected chi connectivity index (χ3v) is 19.1. The van der Waals surface area contributed by atoms with Gasteiger partial charge in [0.05, 0.1) is 23.5 Å². The normalized spacial score (nSPS) is 9.21. The van der Waals surface area contributed by atoms with E-state index in [1.807, 2.05) is 74.5 Å². The lowest BCUT2D eigenvalue weighted by Gasteiger charge is -2.31. The molecule has 0 bridgehead atoms. The van der Waals surface area contributed by atoms with Gasteiger partial charge in [-0.25, -0.2) is 0 Å². The Morgan fingerprint density at radius 2 is 0.577 bits per heavy atom. The number of Topliss-reactive ketones (excluding diaryl/α,β-unsaturated/α-hetero) is 6. The van der Waals surface area contributed by atoms with Crippen molar-refractivity contribution in [1.29, 1.82) is 0 Å². The standard InChI is InChI=1S/C21H32O5.C21H32O3.C20H28O3.C19H28O4.4C4H10.18CH4/c1-5-7-8-9-19-10-12-20(13-11-19)26-16-21(6-2,14-24-17(3)22)15-25-18(4)23;1-5-7-8-9-19-10-12-20(13-11-19)24-15-18(6-2)14-21(16(3)22)17(4)23;1-5-7-8-9-17-10-12-19(13-11-17)23-14-18(6-2)20(15(3)21)16(4)22;1-5-7-8-9-17-10-12-18(13-11-17)22-14-23-19(6-2,15(3)20)16(4)21;4*1-3-4-2;;;;;;;;;;;;;;;;;;/h10-13H,5-9,14-16H2,1-4H3;10-13,18,21H,5-9,14-15H2,1-4H3;2*10-13H,5-9,14H2,1-4H3;4*3-4H2,1-2H3;18*1H4. The predicted octanol–water partition coefficient (Wildman–Crippen LogP) is 36.8. The second kappa shape index (κ2) is 118. The van der Waals surface area contributed by atoms with Gasteiger partial charge in [-0.05, 0) is 201 Å². The van der Waals surface area contributed by atoms with E-state index >= 15 is 0 Å². The molecule has 0 N–H and O–H groups in total. The van der Waals surface area contributed by atoms with E-state index in [-0.39, 0.29) is 218 Å². The van der Waals surface area contributed by atoms with Gasteiger partial charge in [-0.1, -0.05) is 402 Å². The van der Waals surface area contributed by atoms with Gasteiger partial charge in [-0.15, -0.1) is 0 Å². The minimum absolute atomic E-state index is 0. The lowest BCUT2D eigenvalue weighted by atomic mass is 9.88. The largest absolute Gasteiger partial charge is 0.493 e. The maximum absolute atomic E-state index is 11.7. The molecule has 0 aromatic heterocycles. The highest BCUT2D eigenvalue weighted by Crippen LogP contribution is 2.28. The molecule has 0 saturated carbocycles. The molecule has 4 aromatic rings. The Kier molecular flexibility index (Phi) is 162. The van der Waals surface area contributed by atoms with Crippen LogP contribution in [0.15, 0.2) is 108 Å². The van der Waals surface area contributed by atoms with E-state index in [1.54, 1.807) is 6.92 Å². The maximum Gasteiger partial charge on any atom is 0.302 e. The fourth-order valence-electron chi connectivity index (χ4n) is 10.5. The minimum atomic E-state index is -1.39. The molecule has 4 aromatic carbocycles. The average Bonchev–Trinajstić information content (AvgIpc) is 0.821. The van der Waals surface area contributed by atoms with Crippen LogP contribution in [0.3, 0.4) is 0 Å². The highest BCUT2D eigenvalue weighted by Gasteiger charge is 2.40. The van der Waals surface area contributed by atoms with Gasteiger partial charge in [-0.3, -0.25) is 38.4 Å². The Hall–Kier alpha value is -7.26. The zero-order valence-corrected chi connectivity index (χ0v) is 75.3. The first-order valence-corrected chi connectivity index (χ1v) is 43.0. The Balaban J connectivity index is -0.0000000541. The molecule has 0 aliphatic heterocycles. The lowest BCUT2D eigenvalue weighted by Crippen LogP contribution is -2.47. The summed E-state index contributed by atoms with van der Waals surface area (Å²) in [5.74, 6) is 1.01. The van der Waals surface area contributed by atoms with Crippen molar-refractivity contribution >= 4 is 46.6 Å². The number of unbranched alkanes of at least 4 members (excludes halogenated alkanes) is 12. The van der Waals surface area contributed by atoms with E-state index in [0.717, 1.165) is 54.9 Å². The quantitative estimate of drug-likeness (QED) is 0.0101. The van der Waals surface area contributed by atoms with Gasteiger partial charge in [0.1, 0.15) is 61.0 Å². The molecule has 4 rings (SSSR count). The van der Waals surface area contributed by atoms with Gasteiger partial charge < -0.3 is 33.2 Å². The minimum Gasteiger partial charge on any atom is -0.493 e. The van der Waals surface area contributed by atoms with Gasteiger partial charge in [0, 0.05) is 13.8 Å². The number of benzene rings is 4. The Bertz CT molecular complexity index is 2970. The van der Waals surface area contributed by atoms with E-state index in [0.29, 0.717) is 44.6 Å². The molecule has 15 heteroatoms. The maximum atomic E-state index is 11.7. The summed E-state index contributed by atoms with van der Waals surface area (Å²) >= 11 is 0. The Morgan fingerprint density at radius 1 is 0.308 bits per heavy atom. The van der Waals surface area contributed by atoms with Gasteiger partial charge >= 0.3 is 11.9 Å². The second-order valence-electron chi connectivity index (χ2n) is 29.1. The molecule has 15 nitrogen and oxygen atoms in total. The smallest absolute Gasteiger partial charge is 0.302 e. The molecule has 0 fully saturated rings. The number of hydrogen-bond acceptors (Lipinski definition) is 15. The van der Waals surface area contributed by atoms with Crippen LogP contribution in [-0.2, 0) is 78.3 Å². The average molecular weight is 1860 g/mol. The Labute approximate surface area is 815 Å². The van der Waals surface area contributed by atoms with Crippen molar-refractivity contribution in [3.05, 3.63) is 130 Å². The summed E-state index contributed by atoms with van der Waals surface area (Å²) in [6, 6.07) is 32.3. The van der Waals surface area contributed by atoms with Crippen LogP contribution in [0, 0.1) is 17.3 Å². The highest BCUT2D eigenvalue weighted by molar-refractivity contribution is 6.19. The number of aryl methyl sites for hydroxylation is 4. The molecule has 0 aliphatic carbocycles. The van der Waals surface area contributed by atoms with Gasteiger partial charge in [0.2, 0.25) is 0 Å². The molecule has 1 unspecified atom stereocenters. The van der Waals surface area contributed by atoms with E-state index in [4.69, 9.17) is 33.2 Å². The van der Waals surface area contributed by atoms with E-state index < -0.39 is 16.9 Å². The molecule has 0 radical (unpaired) electrons. The van der Waals surface area contributed by atoms with Crippen LogP contribution in [0.1, 0.15) is 483 Å². The first kappa shape index (κ1) is 179. The summed E-state index contributed by atoms with van der Waals surface area (Å²) in [5, 5.41) is 0. The predicted molar refractivity (Wildman–Crippen MR) is 588 cm³/mol. The summed E-state index contributed by atoms with van der Waals surface area (Å²) in [4.78, 5) is 92.3. The number of carbonyl (C=O) groups is 8. The second-order valence-corrected chi connectivity index (χ2v) is 29.1. The number of allylic oxidation sites excluding steroid dienone is 1. The Morgan fingerprint density at radius 3 is 0.792 bits per heavy atom. The van der Waals surface area contributed by atoms with Gasteiger partial charge in [0.25, 0.3) is 0 Å². The zero-order valence-electron chi connectivity index (χ0n) is 75.3. The highest BCUT2D eigenvalue weighted by atomic mass is 16.7. The van der Waals surface area contributed by atoms with Crippen LogP contribution < -0.4 is 18.9 Å². The summed E-state index contributed by atoms with van der Waals surface area (Å²) in [7, 11) is 0. The topological polar surface area (TPSA) is 201 Å². The van der Waals surface area contributed by atoms with Crippen LogP contribution in [-0.4, -0.2) is 92.1 Å². The molecule has 0 amide bonds. The van der Waals surface area contributed by atoms with Crippen LogP contribution >= 0.6 is 0 Å². The van der Waals surface area contributed by atoms with Crippen molar-refractivity contribution in [2.24, 2.45) is 17.3 Å². The number of rotatable bonds is 49. The van der Waals surface area contributed by atoms with Crippen molar-refractivity contribution in [3.8, 4) is 23.0 Å². The fraction of sp³-hybridized carbons (Fsp3) is 0.704. The molecule has 0 spiro atoms. The van der Waals surface area contributed by atoms with Gasteiger partial charge in [0.15, 0.2) is 35.5 Å². The van der Waals surface area contributed by atoms with Crippen molar-refractivity contribution in [3.63, 3.8) is 0 Å². The number of hydrogen-bond donors (Lipinski definition) is 0. The van der Waals surface area contributed by atoms with Crippen molar-refractivity contribution in [2.45, 2.75) is 492 Å². The van der Waals surface area contributed by atoms with Crippen LogP contribution in [0.2, 0.25) is 0 Å². The summed E-state index contributed by atoms with van der Waals surface area (Å²) in [6.07, 6.45) is 32.7. The monoisotopic (exact) mass is 1850 g/mol. The van der Waals surface area contributed by atoms with E-state index in [2.05, 4.69) is 126 Å². The first-order valence-electron chi connectivity index (χ1n) is 43.0. The number of esters is 2. The van der Waals surface area contributed by atoms with Crippen molar-refractivity contribution in [1.82, 2.24) is 0 Å². The molecular formula is C115H232O15. The van der Waals surface area contributed by atoms with Gasteiger partial charge in [-0.2, -0.15) is 0 Å². The molecule has 1 atom stereocenters. The van der Waals surface area contributed by atoms with Crippen molar-refractivity contribution in [2.75, 3.05) is 39.8 Å². The van der Waals surface area contributed by atoms with E-state index in [9.17, 15) is 38.4 Å². The molecule has 782 valence electrons. The van der Waals surface area contributed by atoms with E-state index in [1.165, 1.54) is 206 Å². The van der Waals surface area contributed by atoms with Crippen LogP contribution in [0.25, 0.3) is 0 Å². The molecule has 130 heavy (non-hydrogen) atoms. The molecule has 0 aliphatic rings. The fourth-order valence-corrected chi connectivity index (χ4v) is 10.5.